The predicted octanol–water partition coefficient (Wildman–Crippen LogP) is 3.16. The molecule has 15 heavy (non-hydrogen) atoms. The number of aryl methyl sites for hydroxylation is 1. The van der Waals surface area contributed by atoms with E-state index in [9.17, 15) is 0 Å². The zero-order chi connectivity index (χ0) is 11.4. The van der Waals surface area contributed by atoms with E-state index in [4.69, 9.17) is 5.73 Å². The van der Waals surface area contributed by atoms with Crippen LogP contribution in [-0.2, 0) is 0 Å². The smallest absolute Gasteiger partial charge is 0.124 e. The van der Waals surface area contributed by atoms with E-state index in [0.29, 0.717) is 6.04 Å². The molecule has 0 aliphatic carbocycles. The van der Waals surface area contributed by atoms with Crippen LogP contribution in [0.5, 0.6) is 0 Å². The van der Waals surface area contributed by atoms with E-state index in [1.165, 1.54) is 12.8 Å². The van der Waals surface area contributed by atoms with Gasteiger partial charge in [-0.1, -0.05) is 27.2 Å². The van der Waals surface area contributed by atoms with Gasteiger partial charge in [0.2, 0.25) is 0 Å². The van der Waals surface area contributed by atoms with Crippen molar-refractivity contribution in [3.05, 3.63) is 11.8 Å². The van der Waals surface area contributed by atoms with Gasteiger partial charge in [-0.15, -0.1) is 0 Å². The van der Waals surface area contributed by atoms with Gasteiger partial charge in [-0.3, -0.25) is 0 Å². The predicted molar refractivity (Wildman–Crippen MR) is 64.8 cm³/mol. The fourth-order valence-corrected chi connectivity index (χ4v) is 1.82. The Morgan fingerprint density at radius 2 is 2.07 bits per heavy atom. The number of anilines is 1. The summed E-state index contributed by atoms with van der Waals surface area (Å²) in [4.78, 5) is 0. The lowest BCUT2D eigenvalue weighted by Gasteiger charge is -2.20. The Labute approximate surface area is 92.7 Å². The summed E-state index contributed by atoms with van der Waals surface area (Å²) in [6, 6.07) is 0.452. The Morgan fingerprint density at radius 3 is 2.47 bits per heavy atom. The molecule has 0 radical (unpaired) electrons. The van der Waals surface area contributed by atoms with Gasteiger partial charge in [-0.2, -0.15) is 5.10 Å². The summed E-state index contributed by atoms with van der Waals surface area (Å²) < 4.78 is 1.99. The minimum atomic E-state index is 0.452. The molecule has 86 valence electrons. The van der Waals surface area contributed by atoms with Crippen LogP contribution in [0.15, 0.2) is 6.20 Å². The van der Waals surface area contributed by atoms with Gasteiger partial charge in [0, 0.05) is 5.56 Å². The van der Waals surface area contributed by atoms with Gasteiger partial charge in [0.15, 0.2) is 0 Å². The Kier molecular flexibility index (Phi) is 4.18. The van der Waals surface area contributed by atoms with Crippen molar-refractivity contribution in [3.8, 4) is 0 Å². The maximum absolute atomic E-state index is 6.00. The largest absolute Gasteiger partial charge is 0.384 e. The fraction of sp³-hybridized carbons (Fsp3) is 0.750. The van der Waals surface area contributed by atoms with Gasteiger partial charge < -0.3 is 5.73 Å². The SMILES string of the molecule is CCC(C)CC(CC)n1ncc(C)c1N. The van der Waals surface area contributed by atoms with Gasteiger partial charge in [0.05, 0.1) is 12.2 Å². The van der Waals surface area contributed by atoms with E-state index >= 15 is 0 Å². The molecule has 2 unspecified atom stereocenters. The Morgan fingerprint density at radius 1 is 1.40 bits per heavy atom. The first-order valence-corrected chi connectivity index (χ1v) is 5.89. The van der Waals surface area contributed by atoms with Crippen LogP contribution in [0.4, 0.5) is 5.82 Å². The summed E-state index contributed by atoms with van der Waals surface area (Å²) in [5.41, 5.74) is 7.08. The molecule has 0 aliphatic rings. The number of rotatable bonds is 5. The Bertz CT molecular complexity index is 304. The highest BCUT2D eigenvalue weighted by Crippen LogP contribution is 2.25. The molecule has 0 fully saturated rings. The molecule has 3 nitrogen and oxygen atoms in total. The van der Waals surface area contributed by atoms with Crippen molar-refractivity contribution in [1.82, 2.24) is 9.78 Å². The molecule has 2 atom stereocenters. The zero-order valence-corrected chi connectivity index (χ0v) is 10.3. The Hall–Kier alpha value is -0.990. The molecule has 1 aromatic rings. The highest BCUT2D eigenvalue weighted by Gasteiger charge is 2.16. The molecule has 0 saturated heterocycles. The zero-order valence-electron chi connectivity index (χ0n) is 10.3. The molecular formula is C12H23N3. The number of hydrogen-bond donors (Lipinski definition) is 1. The van der Waals surface area contributed by atoms with Crippen LogP contribution in [-0.4, -0.2) is 9.78 Å². The lowest BCUT2D eigenvalue weighted by molar-refractivity contribution is 0.347. The molecule has 0 saturated carbocycles. The number of aromatic nitrogens is 2. The molecule has 0 amide bonds. The standard InChI is InChI=1S/C12H23N3/c1-5-9(3)7-11(6-2)15-12(13)10(4)8-14-15/h8-9,11H,5-7,13H2,1-4H3. The van der Waals surface area contributed by atoms with Crippen molar-refractivity contribution in [2.45, 2.75) is 53.0 Å². The van der Waals surface area contributed by atoms with E-state index in [0.717, 1.165) is 23.7 Å². The van der Waals surface area contributed by atoms with Crippen molar-refractivity contribution < 1.29 is 0 Å². The second kappa shape index (κ2) is 5.19. The summed E-state index contributed by atoms with van der Waals surface area (Å²) in [6.07, 6.45) is 5.33. The number of nitrogens with zero attached hydrogens (tertiary/aromatic N) is 2. The van der Waals surface area contributed by atoms with Crippen molar-refractivity contribution in [3.63, 3.8) is 0 Å². The maximum Gasteiger partial charge on any atom is 0.124 e. The molecule has 0 bridgehead atoms. The number of hydrogen-bond acceptors (Lipinski definition) is 2. The fourth-order valence-electron chi connectivity index (χ4n) is 1.82. The van der Waals surface area contributed by atoms with Crippen LogP contribution < -0.4 is 5.73 Å². The molecule has 1 rings (SSSR count). The number of nitrogens with two attached hydrogens (primary N) is 1. The summed E-state index contributed by atoms with van der Waals surface area (Å²) in [7, 11) is 0. The molecule has 1 heterocycles. The Balaban J connectivity index is 2.78. The van der Waals surface area contributed by atoms with Crippen molar-refractivity contribution in [1.29, 1.82) is 0 Å². The topological polar surface area (TPSA) is 43.8 Å². The third-order valence-electron chi connectivity index (χ3n) is 3.22. The van der Waals surface area contributed by atoms with E-state index in [-0.39, 0.29) is 0 Å². The first-order chi connectivity index (χ1) is 7.10. The summed E-state index contributed by atoms with van der Waals surface area (Å²) >= 11 is 0. The number of nitrogen functional groups attached to an aromatic ring is 1. The van der Waals surface area contributed by atoms with E-state index in [2.05, 4.69) is 25.9 Å². The van der Waals surface area contributed by atoms with Crippen LogP contribution in [0.3, 0.4) is 0 Å². The van der Waals surface area contributed by atoms with Gasteiger partial charge in [0.25, 0.3) is 0 Å². The highest BCUT2D eigenvalue weighted by molar-refractivity contribution is 5.37. The second-order valence-electron chi connectivity index (χ2n) is 4.47. The summed E-state index contributed by atoms with van der Waals surface area (Å²) in [5.74, 6) is 1.56. The minimum absolute atomic E-state index is 0.452. The van der Waals surface area contributed by atoms with Crippen LogP contribution in [0.2, 0.25) is 0 Å². The average molecular weight is 209 g/mol. The molecule has 0 aliphatic heterocycles. The summed E-state index contributed by atoms with van der Waals surface area (Å²) in [5, 5.41) is 4.37. The van der Waals surface area contributed by atoms with E-state index in [1.807, 2.05) is 17.8 Å². The van der Waals surface area contributed by atoms with Crippen LogP contribution in [0, 0.1) is 12.8 Å². The first kappa shape index (κ1) is 12.1. The quantitative estimate of drug-likeness (QED) is 0.809. The monoisotopic (exact) mass is 209 g/mol. The molecule has 3 heteroatoms. The second-order valence-corrected chi connectivity index (χ2v) is 4.47. The maximum atomic E-state index is 6.00. The lowest BCUT2D eigenvalue weighted by atomic mass is 9.98. The molecule has 1 aromatic heterocycles. The average Bonchev–Trinajstić information content (AvgIpc) is 2.56. The lowest BCUT2D eigenvalue weighted by Crippen LogP contribution is -2.15. The van der Waals surface area contributed by atoms with Gasteiger partial charge >= 0.3 is 0 Å². The van der Waals surface area contributed by atoms with Gasteiger partial charge in [0.1, 0.15) is 5.82 Å². The highest BCUT2D eigenvalue weighted by atomic mass is 15.3. The van der Waals surface area contributed by atoms with Crippen LogP contribution >= 0.6 is 0 Å². The normalized spacial score (nSPS) is 15.2. The molecule has 2 N–H and O–H groups in total. The third kappa shape index (κ3) is 2.74. The van der Waals surface area contributed by atoms with Crippen LogP contribution in [0.25, 0.3) is 0 Å². The first-order valence-electron chi connectivity index (χ1n) is 5.89. The molecule has 0 aromatic carbocycles. The van der Waals surface area contributed by atoms with Crippen molar-refractivity contribution in [2.75, 3.05) is 5.73 Å². The van der Waals surface area contributed by atoms with E-state index < -0.39 is 0 Å². The van der Waals surface area contributed by atoms with Crippen molar-refractivity contribution in [2.24, 2.45) is 5.92 Å². The minimum Gasteiger partial charge on any atom is -0.384 e. The van der Waals surface area contributed by atoms with Gasteiger partial charge in [-0.05, 0) is 25.7 Å². The van der Waals surface area contributed by atoms with Gasteiger partial charge in [-0.25, -0.2) is 4.68 Å². The molecule has 0 spiro atoms. The molecular weight excluding hydrogens is 186 g/mol. The summed E-state index contributed by atoms with van der Waals surface area (Å²) in [6.45, 7) is 8.72. The van der Waals surface area contributed by atoms with Crippen LogP contribution in [0.1, 0.15) is 51.6 Å². The third-order valence-corrected chi connectivity index (χ3v) is 3.22. The van der Waals surface area contributed by atoms with E-state index in [1.54, 1.807) is 0 Å². The van der Waals surface area contributed by atoms with Crippen molar-refractivity contribution >= 4 is 5.82 Å².